The van der Waals surface area contributed by atoms with E-state index in [-0.39, 0.29) is 5.56 Å². The molecule has 0 unspecified atom stereocenters. The van der Waals surface area contributed by atoms with E-state index in [0.29, 0.717) is 11.4 Å². The number of aromatic nitrogens is 2. The molecular formula is C18H22N4O3. The molecule has 0 bridgehead atoms. The second kappa shape index (κ2) is 7.06. The van der Waals surface area contributed by atoms with Crippen molar-refractivity contribution in [1.29, 1.82) is 0 Å². The van der Waals surface area contributed by atoms with E-state index in [1.54, 1.807) is 19.1 Å². The van der Waals surface area contributed by atoms with Gasteiger partial charge in [-0.15, -0.1) is 0 Å². The molecule has 25 heavy (non-hydrogen) atoms. The van der Waals surface area contributed by atoms with Crippen LogP contribution in [0.2, 0.25) is 0 Å². The van der Waals surface area contributed by atoms with Gasteiger partial charge in [0.05, 0.1) is 5.56 Å². The molecule has 7 nitrogen and oxygen atoms in total. The fourth-order valence-electron chi connectivity index (χ4n) is 3.13. The highest BCUT2D eigenvalue weighted by molar-refractivity contribution is 5.99. The molecule has 1 aliphatic rings. The number of nitrogens with zero attached hydrogens (tertiary/aromatic N) is 2. The monoisotopic (exact) mass is 342 g/mol. The summed E-state index contributed by atoms with van der Waals surface area (Å²) in [6.07, 6.45) is 3.34. The summed E-state index contributed by atoms with van der Waals surface area (Å²) in [7, 11) is 0. The fraction of sp³-hybridized carbons (Fsp3) is 0.389. The maximum atomic E-state index is 12.8. The summed E-state index contributed by atoms with van der Waals surface area (Å²) >= 11 is 0. The number of H-pyrrole nitrogens is 1. The van der Waals surface area contributed by atoms with Gasteiger partial charge in [0.2, 0.25) is 0 Å². The Bertz CT molecular complexity index is 903. The third-order valence-electron chi connectivity index (χ3n) is 4.48. The first-order valence-electron chi connectivity index (χ1n) is 8.51. The normalized spacial score (nSPS) is 16.2. The quantitative estimate of drug-likeness (QED) is 0.750. The van der Waals surface area contributed by atoms with Crippen LogP contribution in [-0.4, -0.2) is 28.4 Å². The number of nitrogens with one attached hydrogen (secondary N) is 2. The average Bonchev–Trinajstić information content (AvgIpc) is 2.57. The molecule has 0 aliphatic carbocycles. The van der Waals surface area contributed by atoms with E-state index >= 15 is 0 Å². The highest BCUT2D eigenvalue weighted by Crippen LogP contribution is 2.15. The number of aromatic amines is 1. The zero-order valence-corrected chi connectivity index (χ0v) is 14.5. The van der Waals surface area contributed by atoms with E-state index in [1.165, 1.54) is 6.42 Å². The Morgan fingerprint density at radius 3 is 2.44 bits per heavy atom. The van der Waals surface area contributed by atoms with Gasteiger partial charge in [0.25, 0.3) is 5.56 Å². The molecule has 1 aromatic heterocycles. The Balaban J connectivity index is 2.09. The molecule has 1 aromatic carbocycles. The molecule has 0 saturated carbocycles. The molecule has 2 aromatic rings. The maximum Gasteiger partial charge on any atom is 0.332 e. The molecule has 1 fully saturated rings. The van der Waals surface area contributed by atoms with Crippen LogP contribution in [0.1, 0.15) is 37.3 Å². The molecule has 2 heterocycles. The Morgan fingerprint density at radius 2 is 1.80 bits per heavy atom. The van der Waals surface area contributed by atoms with Gasteiger partial charge in [0.1, 0.15) is 18.8 Å². The lowest BCUT2D eigenvalue weighted by Gasteiger charge is -2.21. The van der Waals surface area contributed by atoms with E-state index in [9.17, 15) is 14.7 Å². The van der Waals surface area contributed by atoms with E-state index in [2.05, 4.69) is 10.1 Å². The summed E-state index contributed by atoms with van der Waals surface area (Å²) in [4.78, 5) is 26.6. The van der Waals surface area contributed by atoms with Crippen LogP contribution >= 0.6 is 0 Å². The molecule has 0 radical (unpaired) electrons. The molecule has 132 valence electrons. The Morgan fingerprint density at radius 1 is 1.16 bits per heavy atom. The minimum Gasteiger partial charge on any atom is -0.859 e. The number of quaternary nitrogens is 1. The van der Waals surface area contributed by atoms with Crippen LogP contribution in [0.4, 0.5) is 0 Å². The van der Waals surface area contributed by atoms with Crippen molar-refractivity contribution in [2.45, 2.75) is 33.1 Å². The summed E-state index contributed by atoms with van der Waals surface area (Å²) < 4.78 is 0.987. The summed E-state index contributed by atoms with van der Waals surface area (Å²) in [5, 5.41) is 18.3. The number of benzene rings is 1. The molecule has 1 saturated heterocycles. The standard InChI is InChI=1S/C18H22N4O3/c1-12-6-8-14(9-7-12)22-17(24)15(16(23)19-18(22)25)13(2)20-21-10-4-3-5-11-21/h6-9,24H,3-5,10-11H2,1-2H3,(H,19,23,25). The van der Waals surface area contributed by atoms with Crippen LogP contribution in [0.5, 0.6) is 5.88 Å². The number of rotatable bonds is 3. The summed E-state index contributed by atoms with van der Waals surface area (Å²) in [6, 6.07) is 6.99. The van der Waals surface area contributed by atoms with E-state index in [0.717, 1.165) is 41.1 Å². The van der Waals surface area contributed by atoms with Gasteiger partial charge in [-0.25, -0.2) is 9.80 Å². The van der Waals surface area contributed by atoms with Crippen molar-refractivity contribution >= 4 is 5.71 Å². The predicted octanol–water partition coefficient (Wildman–Crippen LogP) is -0.299. The van der Waals surface area contributed by atoms with Gasteiger partial charge in [-0.3, -0.25) is 14.3 Å². The highest BCUT2D eigenvalue weighted by Gasteiger charge is 2.17. The van der Waals surface area contributed by atoms with Gasteiger partial charge in [-0.1, -0.05) is 22.8 Å². The second-order valence-corrected chi connectivity index (χ2v) is 6.43. The summed E-state index contributed by atoms with van der Waals surface area (Å²) in [6.45, 7) is 5.35. The van der Waals surface area contributed by atoms with Crippen molar-refractivity contribution < 1.29 is 10.1 Å². The minimum atomic E-state index is -0.735. The van der Waals surface area contributed by atoms with E-state index < -0.39 is 17.1 Å². The summed E-state index contributed by atoms with van der Waals surface area (Å²) in [5.41, 5.74) is 0.315. The largest absolute Gasteiger partial charge is 0.859 e. The van der Waals surface area contributed by atoms with Crippen LogP contribution in [0.3, 0.4) is 0 Å². The molecule has 0 atom stereocenters. The first-order valence-corrected chi connectivity index (χ1v) is 8.51. The average molecular weight is 342 g/mol. The first kappa shape index (κ1) is 17.2. The van der Waals surface area contributed by atoms with Crippen LogP contribution < -0.4 is 21.4 Å². The number of piperidine rings is 1. The lowest BCUT2D eigenvalue weighted by Crippen LogP contribution is -3.08. The third kappa shape index (κ3) is 3.56. The Hall–Kier alpha value is -2.67. The molecule has 2 N–H and O–H groups in total. The SMILES string of the molecule is CC(=N[NH+]1CCCCC1)c1c([O-])n(-c2ccc(C)cc2)c(=O)[nH]c1=O. The number of hydrogen-bond donors (Lipinski definition) is 2. The fourth-order valence-corrected chi connectivity index (χ4v) is 3.13. The van der Waals surface area contributed by atoms with Crippen LogP contribution in [-0.2, 0) is 0 Å². The predicted molar refractivity (Wildman–Crippen MR) is 93.6 cm³/mol. The molecule has 0 spiro atoms. The van der Waals surface area contributed by atoms with Crippen LogP contribution in [0.25, 0.3) is 5.69 Å². The van der Waals surface area contributed by atoms with Gasteiger partial charge in [-0.05, 0) is 51.1 Å². The zero-order chi connectivity index (χ0) is 18.0. The maximum absolute atomic E-state index is 12.8. The highest BCUT2D eigenvalue weighted by atomic mass is 16.3. The van der Waals surface area contributed by atoms with Gasteiger partial charge in [-0.2, -0.15) is 0 Å². The first-order chi connectivity index (χ1) is 12.0. The molecule has 3 rings (SSSR count). The van der Waals surface area contributed by atoms with Crippen molar-refractivity contribution in [2.24, 2.45) is 5.10 Å². The molecular weight excluding hydrogens is 320 g/mol. The lowest BCUT2D eigenvalue weighted by atomic mass is 10.1. The Kier molecular flexibility index (Phi) is 4.85. The van der Waals surface area contributed by atoms with Crippen molar-refractivity contribution in [3.05, 3.63) is 56.2 Å². The zero-order valence-electron chi connectivity index (χ0n) is 14.5. The third-order valence-corrected chi connectivity index (χ3v) is 4.48. The number of aryl methyl sites for hydroxylation is 1. The van der Waals surface area contributed by atoms with Gasteiger partial charge >= 0.3 is 5.69 Å². The van der Waals surface area contributed by atoms with Gasteiger partial charge in [0, 0.05) is 5.69 Å². The molecule has 0 amide bonds. The van der Waals surface area contributed by atoms with Crippen LogP contribution in [0, 0.1) is 6.92 Å². The second-order valence-electron chi connectivity index (χ2n) is 6.43. The van der Waals surface area contributed by atoms with E-state index in [1.807, 2.05) is 19.1 Å². The topological polar surface area (TPSA) is 94.7 Å². The van der Waals surface area contributed by atoms with Crippen LogP contribution in [0.15, 0.2) is 39.0 Å². The van der Waals surface area contributed by atoms with E-state index in [4.69, 9.17) is 0 Å². The van der Waals surface area contributed by atoms with Crippen molar-refractivity contribution in [3.63, 3.8) is 0 Å². The van der Waals surface area contributed by atoms with Gasteiger partial charge < -0.3 is 5.11 Å². The van der Waals surface area contributed by atoms with Gasteiger partial charge in [0.15, 0.2) is 0 Å². The minimum absolute atomic E-state index is 0.0711. The lowest BCUT2D eigenvalue weighted by molar-refractivity contribution is -0.911. The van der Waals surface area contributed by atoms with Crippen molar-refractivity contribution in [3.8, 4) is 11.6 Å². The Labute approximate surface area is 145 Å². The number of hydrogen-bond acceptors (Lipinski definition) is 4. The van der Waals surface area contributed by atoms with Crippen molar-refractivity contribution in [1.82, 2.24) is 9.55 Å². The molecule has 7 heteroatoms. The summed E-state index contributed by atoms with van der Waals surface area (Å²) in [5.74, 6) is -0.629. The smallest absolute Gasteiger partial charge is 0.332 e. The molecule has 1 aliphatic heterocycles. The van der Waals surface area contributed by atoms with Crippen molar-refractivity contribution in [2.75, 3.05) is 13.1 Å².